The fraction of sp³-hybridized carbons (Fsp3) is 0.243. The zero-order chi connectivity index (χ0) is 29.7. The van der Waals surface area contributed by atoms with Crippen molar-refractivity contribution in [1.29, 1.82) is 0 Å². The molecule has 5 rings (SSSR count). The van der Waals surface area contributed by atoms with Crippen LogP contribution < -0.4 is 11.5 Å². The van der Waals surface area contributed by atoms with E-state index in [1.807, 2.05) is 38.1 Å². The lowest BCUT2D eigenvalue weighted by molar-refractivity contribution is 0.143. The number of fused-ring (bicyclic) bond motifs is 3. The van der Waals surface area contributed by atoms with Gasteiger partial charge in [0.05, 0.1) is 5.41 Å². The van der Waals surface area contributed by atoms with Gasteiger partial charge in [-0.25, -0.2) is 0 Å². The van der Waals surface area contributed by atoms with E-state index in [1.165, 1.54) is 0 Å². The van der Waals surface area contributed by atoms with Crippen LogP contribution >= 0.6 is 0 Å². The summed E-state index contributed by atoms with van der Waals surface area (Å²) in [6.07, 6.45) is 0. The summed E-state index contributed by atoms with van der Waals surface area (Å²) in [6.45, 7) is 10.8. The van der Waals surface area contributed by atoms with Crippen LogP contribution in [0.4, 0.5) is 11.4 Å². The Morgan fingerprint density at radius 2 is 0.976 bits per heavy atom. The van der Waals surface area contributed by atoms with Crippen molar-refractivity contribution in [2.24, 2.45) is 0 Å². The third-order valence-corrected chi connectivity index (χ3v) is 7.57. The van der Waals surface area contributed by atoms with Crippen LogP contribution in [0.3, 0.4) is 0 Å². The summed E-state index contributed by atoms with van der Waals surface area (Å²) in [5.41, 5.74) is 21.2. The summed E-state index contributed by atoms with van der Waals surface area (Å²) in [7, 11) is 0. The zero-order valence-electron chi connectivity index (χ0n) is 24.5. The summed E-state index contributed by atoms with van der Waals surface area (Å²) in [6, 6.07) is 24.9. The smallest absolute Gasteiger partial charge is 0.120 e. The molecule has 206 valence electrons. The van der Waals surface area contributed by atoms with Crippen molar-refractivity contribution in [2.45, 2.75) is 58.2 Å². The van der Waals surface area contributed by atoms with E-state index in [9.17, 15) is 10.2 Å². The van der Waals surface area contributed by atoms with Gasteiger partial charge in [0, 0.05) is 22.5 Å². The monoisotopic (exact) mass is 540 g/mol. The van der Waals surface area contributed by atoms with Crippen molar-refractivity contribution in [2.75, 3.05) is 11.5 Å². The van der Waals surface area contributed by atoms with E-state index in [-0.39, 0.29) is 0 Å². The second kappa shape index (κ2) is 9.86. The van der Waals surface area contributed by atoms with E-state index in [4.69, 9.17) is 11.5 Å². The second-order valence-corrected chi connectivity index (χ2v) is 12.0. The molecule has 0 spiro atoms. The van der Waals surface area contributed by atoms with Gasteiger partial charge in [-0.05, 0) is 122 Å². The lowest BCUT2D eigenvalue weighted by atomic mass is 9.66. The number of benzene rings is 4. The number of anilines is 2. The number of aryl methyl sites for hydroxylation is 2. The quantitative estimate of drug-likeness (QED) is 0.161. The maximum Gasteiger partial charge on any atom is 0.120 e. The fourth-order valence-corrected chi connectivity index (χ4v) is 5.54. The molecule has 1 aliphatic carbocycles. The highest BCUT2D eigenvalue weighted by Gasteiger charge is 2.46. The van der Waals surface area contributed by atoms with Crippen molar-refractivity contribution in [3.05, 3.63) is 117 Å². The Bertz CT molecular complexity index is 1680. The predicted octanol–water partition coefficient (Wildman–Crippen LogP) is 6.08. The number of aliphatic hydroxyl groups is 2. The molecule has 1 aliphatic rings. The van der Waals surface area contributed by atoms with Crippen molar-refractivity contribution in [3.63, 3.8) is 0 Å². The maximum atomic E-state index is 10.3. The highest BCUT2D eigenvalue weighted by Crippen LogP contribution is 2.57. The Hall–Kier alpha value is -4.48. The fourth-order valence-electron chi connectivity index (χ4n) is 5.54. The molecule has 0 aromatic heterocycles. The molecule has 6 N–H and O–H groups in total. The van der Waals surface area contributed by atoms with E-state index in [1.54, 1.807) is 27.7 Å². The van der Waals surface area contributed by atoms with Crippen molar-refractivity contribution in [3.8, 4) is 34.8 Å². The minimum absolute atomic E-state index is 0.722. The summed E-state index contributed by atoms with van der Waals surface area (Å²) in [5.74, 6) is 12.3. The molecule has 0 atom stereocenters. The van der Waals surface area contributed by atoms with E-state index >= 15 is 0 Å². The topological polar surface area (TPSA) is 92.5 Å². The molecule has 4 aromatic carbocycles. The molecule has 41 heavy (non-hydrogen) atoms. The largest absolute Gasteiger partial charge is 0.399 e. The Kier molecular flexibility index (Phi) is 6.75. The molecule has 0 radical (unpaired) electrons. The van der Waals surface area contributed by atoms with Gasteiger partial charge in [-0.2, -0.15) is 0 Å². The van der Waals surface area contributed by atoms with E-state index in [0.29, 0.717) is 0 Å². The van der Waals surface area contributed by atoms with Crippen LogP contribution in [0.2, 0.25) is 0 Å². The van der Waals surface area contributed by atoms with E-state index in [0.717, 1.165) is 67.0 Å². The molecular weight excluding hydrogens is 504 g/mol. The number of rotatable bonds is 2. The first-order chi connectivity index (χ1) is 19.2. The molecule has 0 saturated heterocycles. The average molecular weight is 541 g/mol. The molecule has 0 fully saturated rings. The third-order valence-electron chi connectivity index (χ3n) is 7.57. The Labute approximate surface area is 243 Å². The van der Waals surface area contributed by atoms with Gasteiger partial charge in [0.2, 0.25) is 0 Å². The van der Waals surface area contributed by atoms with Gasteiger partial charge in [-0.15, -0.1) is 0 Å². The van der Waals surface area contributed by atoms with Gasteiger partial charge in [-0.1, -0.05) is 60.1 Å². The van der Waals surface area contributed by atoms with Gasteiger partial charge in [0.1, 0.15) is 11.2 Å². The van der Waals surface area contributed by atoms with Crippen LogP contribution in [-0.2, 0) is 5.41 Å². The minimum atomic E-state index is -1.12. The maximum absolute atomic E-state index is 10.3. The Morgan fingerprint density at radius 1 is 0.585 bits per heavy atom. The van der Waals surface area contributed by atoms with Crippen LogP contribution in [0, 0.1) is 37.5 Å². The lowest BCUT2D eigenvalue weighted by Crippen LogP contribution is -2.29. The molecule has 0 unspecified atom stereocenters. The van der Waals surface area contributed by atoms with Gasteiger partial charge >= 0.3 is 0 Å². The number of nitrogens with two attached hydrogens (primary N) is 2. The number of hydrogen-bond acceptors (Lipinski definition) is 4. The third kappa shape index (κ3) is 5.21. The predicted molar refractivity (Wildman–Crippen MR) is 168 cm³/mol. The molecule has 0 aliphatic heterocycles. The minimum Gasteiger partial charge on any atom is -0.399 e. The van der Waals surface area contributed by atoms with Crippen LogP contribution in [0.25, 0.3) is 11.1 Å². The van der Waals surface area contributed by atoms with Gasteiger partial charge in [-0.3, -0.25) is 0 Å². The summed E-state index contributed by atoms with van der Waals surface area (Å²) < 4.78 is 0. The summed E-state index contributed by atoms with van der Waals surface area (Å²) >= 11 is 0. The van der Waals surface area contributed by atoms with Crippen LogP contribution in [0.15, 0.2) is 72.8 Å². The molecule has 4 aromatic rings. The molecular formula is C37H36N2O2. The lowest BCUT2D eigenvalue weighted by Gasteiger charge is -2.35. The highest BCUT2D eigenvalue weighted by atomic mass is 16.3. The van der Waals surface area contributed by atoms with Crippen molar-refractivity contribution in [1.82, 2.24) is 0 Å². The zero-order valence-corrected chi connectivity index (χ0v) is 24.5. The highest BCUT2D eigenvalue weighted by molar-refractivity contribution is 5.88. The second-order valence-electron chi connectivity index (χ2n) is 12.0. The molecule has 4 nitrogen and oxygen atoms in total. The van der Waals surface area contributed by atoms with Crippen LogP contribution in [0.1, 0.15) is 72.2 Å². The van der Waals surface area contributed by atoms with Crippen molar-refractivity contribution < 1.29 is 10.2 Å². The number of nitrogen functional groups attached to an aromatic ring is 2. The van der Waals surface area contributed by atoms with Crippen molar-refractivity contribution >= 4 is 11.4 Å². The molecule has 0 bridgehead atoms. The first kappa shape index (κ1) is 28.1. The van der Waals surface area contributed by atoms with Gasteiger partial charge in [0.15, 0.2) is 0 Å². The Balaban J connectivity index is 1.93. The van der Waals surface area contributed by atoms with Gasteiger partial charge < -0.3 is 21.7 Å². The van der Waals surface area contributed by atoms with Gasteiger partial charge in [0.25, 0.3) is 0 Å². The average Bonchev–Trinajstić information content (AvgIpc) is 3.18. The molecule has 0 saturated carbocycles. The Morgan fingerprint density at radius 3 is 1.32 bits per heavy atom. The van der Waals surface area contributed by atoms with Crippen LogP contribution in [0.5, 0.6) is 0 Å². The first-order valence-corrected chi connectivity index (χ1v) is 13.7. The summed E-state index contributed by atoms with van der Waals surface area (Å²) in [4.78, 5) is 0. The van der Waals surface area contributed by atoms with Crippen LogP contribution in [-0.4, -0.2) is 21.4 Å². The van der Waals surface area contributed by atoms with E-state index in [2.05, 4.69) is 72.2 Å². The normalized spacial score (nSPS) is 13.4. The first-order valence-electron chi connectivity index (χ1n) is 13.7. The summed E-state index contributed by atoms with van der Waals surface area (Å²) in [5, 5.41) is 20.6. The van der Waals surface area contributed by atoms with E-state index < -0.39 is 16.6 Å². The molecule has 0 heterocycles. The standard InChI is InChI=1S/C37H36N2O2/c1-23-19-27(9-13-33(23)38)37(28-10-14-34(39)24(2)20-28)31-21-25(15-17-35(3,4)40)7-11-29(31)30-12-8-26(22-32(30)37)16-18-36(5,6)41/h7-14,19-22,40-41H,38-39H2,1-6H3. The molecule has 4 heteroatoms. The SMILES string of the molecule is Cc1cc(C2(c3ccc(N)c(C)c3)c3cc(C#CC(C)(C)O)ccc3-c3ccc(C#CC(C)(C)O)cc32)ccc1N. The molecule has 0 amide bonds. The number of hydrogen-bond donors (Lipinski definition) is 4.